The van der Waals surface area contributed by atoms with Gasteiger partial charge in [0.1, 0.15) is 6.67 Å². The highest BCUT2D eigenvalue weighted by Gasteiger charge is 2.32. The van der Waals surface area contributed by atoms with Crippen LogP contribution in [0.15, 0.2) is 46.5 Å². The summed E-state index contributed by atoms with van der Waals surface area (Å²) in [7, 11) is 0. The van der Waals surface area contributed by atoms with Crippen molar-refractivity contribution in [1.29, 1.82) is 0 Å². The van der Waals surface area contributed by atoms with Crippen molar-refractivity contribution in [2.45, 2.75) is 13.3 Å². The second kappa shape index (κ2) is 5.58. The number of benzene rings is 1. The quantitative estimate of drug-likeness (QED) is 0.797. The van der Waals surface area contributed by atoms with Crippen LogP contribution in [0.25, 0.3) is 0 Å². The number of rotatable bonds is 4. The van der Waals surface area contributed by atoms with Crippen LogP contribution in [-0.2, 0) is 9.53 Å². The van der Waals surface area contributed by atoms with Gasteiger partial charge in [-0.3, -0.25) is 4.79 Å². The first-order valence-electron chi connectivity index (χ1n) is 6.48. The minimum atomic E-state index is -0.196. The van der Waals surface area contributed by atoms with Gasteiger partial charge in [-0.15, -0.1) is 5.10 Å². The summed E-state index contributed by atoms with van der Waals surface area (Å²) in [6.45, 7) is 2.86. The van der Waals surface area contributed by atoms with Crippen molar-refractivity contribution in [3.8, 4) is 0 Å². The summed E-state index contributed by atoms with van der Waals surface area (Å²) >= 11 is 1.54. The summed E-state index contributed by atoms with van der Waals surface area (Å²) in [5.74, 6) is -0.196. The maximum Gasteiger partial charge on any atom is 0.311 e. The van der Waals surface area contributed by atoms with Crippen LogP contribution in [-0.4, -0.2) is 29.3 Å². The summed E-state index contributed by atoms with van der Waals surface area (Å²) in [6.07, 6.45) is 0.294. The van der Waals surface area contributed by atoms with Crippen LogP contribution >= 0.6 is 11.8 Å². The zero-order valence-electron chi connectivity index (χ0n) is 11.2. The van der Waals surface area contributed by atoms with Gasteiger partial charge in [0.05, 0.1) is 18.7 Å². The third kappa shape index (κ3) is 2.51. The second-order valence-corrected chi connectivity index (χ2v) is 5.23. The normalized spacial score (nSPS) is 16.9. The molecule has 3 rings (SSSR count). The summed E-state index contributed by atoms with van der Waals surface area (Å²) in [5, 5.41) is 9.37. The number of carbonyl (C=O) groups excluding carboxylic acids is 1. The average molecular weight is 289 g/mol. The minimum Gasteiger partial charge on any atom is -0.466 e. The molecule has 0 aliphatic carbocycles. The molecule has 6 heteroatoms. The van der Waals surface area contributed by atoms with Crippen molar-refractivity contribution in [2.24, 2.45) is 5.10 Å². The summed E-state index contributed by atoms with van der Waals surface area (Å²) in [5.41, 5.74) is 2.00. The predicted octanol–water partition coefficient (Wildman–Crippen LogP) is 2.58. The fourth-order valence-electron chi connectivity index (χ4n) is 2.10. The van der Waals surface area contributed by atoms with Gasteiger partial charge in [-0.25, -0.2) is 5.01 Å². The first-order valence-corrected chi connectivity index (χ1v) is 7.36. The largest absolute Gasteiger partial charge is 0.466 e. The van der Waals surface area contributed by atoms with E-state index < -0.39 is 0 Å². The zero-order chi connectivity index (χ0) is 13.9. The highest BCUT2D eigenvalue weighted by atomic mass is 32.2. The number of nitrogens with zero attached hydrogens (tertiary/aromatic N) is 3. The molecule has 0 unspecified atom stereocenters. The smallest absolute Gasteiger partial charge is 0.311 e. The molecule has 0 bridgehead atoms. The highest BCUT2D eigenvalue weighted by Crippen LogP contribution is 2.34. The number of hydrogen-bond acceptors (Lipinski definition) is 6. The minimum absolute atomic E-state index is 0.196. The van der Waals surface area contributed by atoms with E-state index in [1.165, 1.54) is 0 Å². The van der Waals surface area contributed by atoms with Crippen LogP contribution in [0.3, 0.4) is 0 Å². The molecule has 0 radical (unpaired) electrons. The maximum atomic E-state index is 11.6. The average Bonchev–Trinajstić information content (AvgIpc) is 3.02. The van der Waals surface area contributed by atoms with Crippen molar-refractivity contribution in [3.05, 3.63) is 41.4 Å². The van der Waals surface area contributed by atoms with Crippen molar-refractivity contribution in [3.63, 3.8) is 0 Å². The molecule has 104 valence electrons. The maximum absolute atomic E-state index is 11.6. The van der Waals surface area contributed by atoms with Crippen molar-refractivity contribution in [2.75, 3.05) is 18.3 Å². The van der Waals surface area contributed by atoms with E-state index in [2.05, 4.69) is 10.0 Å². The van der Waals surface area contributed by atoms with Crippen LogP contribution in [0.1, 0.15) is 13.3 Å². The Morgan fingerprint density at radius 1 is 1.40 bits per heavy atom. The van der Waals surface area contributed by atoms with E-state index in [1.807, 2.05) is 47.7 Å². The Kier molecular flexibility index (Phi) is 3.64. The lowest BCUT2D eigenvalue weighted by molar-refractivity contribution is -0.142. The van der Waals surface area contributed by atoms with Crippen LogP contribution in [0.5, 0.6) is 0 Å². The molecule has 0 amide bonds. The number of carbonyl (C=O) groups is 1. The molecule has 0 N–H and O–H groups in total. The second-order valence-electron chi connectivity index (χ2n) is 4.40. The molecule has 0 spiro atoms. The monoisotopic (exact) mass is 289 g/mol. The Hall–Kier alpha value is -1.95. The Balaban J connectivity index is 1.68. The van der Waals surface area contributed by atoms with Crippen LogP contribution in [0.4, 0.5) is 5.69 Å². The Labute approximate surface area is 121 Å². The number of fused-ring (bicyclic) bond motifs is 1. The lowest BCUT2D eigenvalue weighted by atomic mass is 10.3. The summed E-state index contributed by atoms with van der Waals surface area (Å²) < 4.78 is 4.99. The fraction of sp³-hybridized carbons (Fsp3) is 0.286. The molecule has 0 fully saturated rings. The molecule has 2 aliphatic rings. The molecule has 2 aliphatic heterocycles. The topological polar surface area (TPSA) is 45.1 Å². The van der Waals surface area contributed by atoms with Crippen molar-refractivity contribution >= 4 is 28.6 Å². The number of anilines is 1. The van der Waals surface area contributed by atoms with E-state index in [1.54, 1.807) is 11.8 Å². The molecule has 0 saturated heterocycles. The number of amidine groups is 1. The summed E-state index contributed by atoms with van der Waals surface area (Å²) in [4.78, 5) is 13.6. The lowest BCUT2D eigenvalue weighted by Crippen LogP contribution is -2.27. The van der Waals surface area contributed by atoms with Crippen LogP contribution in [0, 0.1) is 0 Å². The highest BCUT2D eigenvalue weighted by molar-refractivity contribution is 8.16. The molecule has 0 aromatic heterocycles. The lowest BCUT2D eigenvalue weighted by Gasteiger charge is -2.19. The zero-order valence-corrected chi connectivity index (χ0v) is 12.0. The molecule has 5 nitrogen and oxygen atoms in total. The van der Waals surface area contributed by atoms with Gasteiger partial charge >= 0.3 is 5.97 Å². The van der Waals surface area contributed by atoms with E-state index in [-0.39, 0.29) is 5.97 Å². The Bertz CT molecular complexity index is 571. The number of ether oxygens (including phenoxy) is 1. The standard InChI is InChI=1S/C14H15N3O2S/c1-2-19-13(18)8-12-9-20-14-15-17(10-16(12)14)11-6-4-3-5-7-11/h3-7,9H,2,8,10H2,1H3. The fourth-order valence-corrected chi connectivity index (χ4v) is 3.00. The number of para-hydroxylation sites is 1. The van der Waals surface area contributed by atoms with Gasteiger partial charge in [-0.2, -0.15) is 0 Å². The molecule has 1 aromatic carbocycles. The van der Waals surface area contributed by atoms with Gasteiger partial charge in [0.25, 0.3) is 0 Å². The van der Waals surface area contributed by atoms with Crippen molar-refractivity contribution in [1.82, 2.24) is 4.90 Å². The molecule has 2 heterocycles. The van der Waals surface area contributed by atoms with Crippen LogP contribution < -0.4 is 5.01 Å². The van der Waals surface area contributed by atoms with Gasteiger partial charge in [0.2, 0.25) is 0 Å². The third-order valence-electron chi connectivity index (χ3n) is 3.04. The van der Waals surface area contributed by atoms with Gasteiger partial charge in [0.15, 0.2) is 5.17 Å². The molecule has 20 heavy (non-hydrogen) atoms. The Morgan fingerprint density at radius 3 is 2.95 bits per heavy atom. The molecular formula is C14H15N3O2S. The SMILES string of the molecule is CCOC(=O)CC1=CSC2=NN(c3ccccc3)CN12. The van der Waals surface area contributed by atoms with Gasteiger partial charge in [0, 0.05) is 5.70 Å². The molecule has 0 atom stereocenters. The Morgan fingerprint density at radius 2 is 2.20 bits per heavy atom. The van der Waals surface area contributed by atoms with Gasteiger partial charge < -0.3 is 9.64 Å². The summed E-state index contributed by atoms with van der Waals surface area (Å²) in [6, 6.07) is 9.99. The van der Waals surface area contributed by atoms with E-state index >= 15 is 0 Å². The van der Waals surface area contributed by atoms with E-state index in [4.69, 9.17) is 4.74 Å². The van der Waals surface area contributed by atoms with Crippen LogP contribution in [0.2, 0.25) is 0 Å². The molecule has 1 aromatic rings. The molecular weight excluding hydrogens is 274 g/mol. The van der Waals surface area contributed by atoms with E-state index in [0.717, 1.165) is 16.6 Å². The first-order chi connectivity index (χ1) is 9.78. The third-order valence-corrected chi connectivity index (χ3v) is 3.95. The van der Waals surface area contributed by atoms with Gasteiger partial charge in [-0.05, 0) is 24.5 Å². The van der Waals surface area contributed by atoms with Gasteiger partial charge in [-0.1, -0.05) is 30.0 Å². The molecule has 0 saturated carbocycles. The number of thioether (sulfide) groups is 1. The number of hydrogen-bond donors (Lipinski definition) is 0. The van der Waals surface area contributed by atoms with Crippen molar-refractivity contribution < 1.29 is 9.53 Å². The first kappa shape index (κ1) is 13.1. The predicted molar refractivity (Wildman–Crippen MR) is 80.0 cm³/mol. The van der Waals surface area contributed by atoms with E-state index in [9.17, 15) is 4.79 Å². The number of esters is 1. The van der Waals surface area contributed by atoms with E-state index in [0.29, 0.717) is 19.7 Å². The number of hydrazone groups is 1.